The van der Waals surface area contributed by atoms with Crippen molar-refractivity contribution in [1.29, 1.82) is 5.41 Å². The summed E-state index contributed by atoms with van der Waals surface area (Å²) in [5.74, 6) is 0. The molecule has 2 N–H and O–H groups in total. The minimum atomic E-state index is 0. The van der Waals surface area contributed by atoms with E-state index in [1.54, 1.807) is 12.3 Å². The van der Waals surface area contributed by atoms with Crippen LogP contribution < -0.4 is 5.49 Å². The Kier molecular flexibility index (Phi) is 3.24. The van der Waals surface area contributed by atoms with Gasteiger partial charge in [-0.3, -0.25) is 5.41 Å². The molecule has 1 rings (SSSR count). The Labute approximate surface area is 57.9 Å². The first-order valence-corrected chi connectivity index (χ1v) is 2.08. The fourth-order valence-electron chi connectivity index (χ4n) is 0.393. The molecule has 2 nitrogen and oxygen atoms in total. The number of aromatic nitrogens is 1. The van der Waals surface area contributed by atoms with E-state index in [4.69, 9.17) is 5.41 Å². The fraction of sp³-hybridized carbons (Fsp3) is 0. The van der Waals surface area contributed by atoms with Gasteiger partial charge in [-0.2, -0.15) is 0 Å². The van der Waals surface area contributed by atoms with Gasteiger partial charge in [0.15, 0.2) is 0 Å². The first kappa shape index (κ1) is 7.47. The van der Waals surface area contributed by atoms with Crippen molar-refractivity contribution in [3.05, 3.63) is 29.9 Å². The fourth-order valence-corrected chi connectivity index (χ4v) is 0.393. The van der Waals surface area contributed by atoms with Crippen LogP contribution >= 0.6 is 0 Å². The Morgan fingerprint density at radius 1 is 1.38 bits per heavy atom. The number of nitrogens with one attached hydrogen (secondary N) is 2. The van der Waals surface area contributed by atoms with E-state index in [2.05, 4.69) is 4.98 Å². The first-order valence-electron chi connectivity index (χ1n) is 2.08. The topological polar surface area (TPSA) is 39.6 Å². The molecule has 0 amide bonds. The molecular formula is C5H6FeN2+2. The maximum absolute atomic E-state index is 6.94. The number of hydrogen-bond donors (Lipinski definition) is 2. The normalized spacial score (nSPS) is 7.50. The average Bonchev–Trinajstić information content (AvgIpc) is 1.69. The Balaban J connectivity index is 0.000000490. The maximum Gasteiger partial charge on any atom is 2.00 e. The van der Waals surface area contributed by atoms with Gasteiger partial charge in [-0.05, 0) is 12.1 Å². The van der Waals surface area contributed by atoms with Gasteiger partial charge in [0.1, 0.15) is 5.49 Å². The summed E-state index contributed by atoms with van der Waals surface area (Å²) in [4.78, 5) is 2.70. The zero-order valence-electron chi connectivity index (χ0n) is 4.16. The van der Waals surface area contributed by atoms with E-state index in [1.165, 1.54) is 0 Å². The molecule has 1 aromatic rings. The molecule has 0 spiro atoms. The predicted octanol–water partition coefficient (Wildman–Crippen LogP) is 0.492. The zero-order valence-corrected chi connectivity index (χ0v) is 5.27. The van der Waals surface area contributed by atoms with Gasteiger partial charge in [-0.25, -0.2) is 0 Å². The van der Waals surface area contributed by atoms with Crippen molar-refractivity contribution in [2.75, 3.05) is 0 Å². The second kappa shape index (κ2) is 3.47. The van der Waals surface area contributed by atoms with Crippen LogP contribution in [-0.2, 0) is 17.1 Å². The van der Waals surface area contributed by atoms with E-state index in [1.807, 2.05) is 12.1 Å². The largest absolute Gasteiger partial charge is 2.00 e. The van der Waals surface area contributed by atoms with E-state index in [-0.39, 0.29) is 17.1 Å². The summed E-state index contributed by atoms with van der Waals surface area (Å²) in [6.45, 7) is 0. The molecule has 0 aliphatic heterocycles. The molecule has 0 fully saturated rings. The summed E-state index contributed by atoms with van der Waals surface area (Å²) >= 11 is 0. The van der Waals surface area contributed by atoms with E-state index in [0.717, 1.165) is 0 Å². The van der Waals surface area contributed by atoms with Gasteiger partial charge < -0.3 is 4.98 Å². The molecule has 0 radical (unpaired) electrons. The van der Waals surface area contributed by atoms with Crippen molar-refractivity contribution in [1.82, 2.24) is 4.98 Å². The second-order valence-electron chi connectivity index (χ2n) is 1.28. The molecule has 0 aromatic carbocycles. The monoisotopic (exact) mass is 150 g/mol. The van der Waals surface area contributed by atoms with Crippen molar-refractivity contribution < 1.29 is 17.1 Å². The van der Waals surface area contributed by atoms with E-state index in [9.17, 15) is 0 Å². The first-order chi connectivity index (χ1) is 3.39. The van der Waals surface area contributed by atoms with Crippen LogP contribution in [0, 0.1) is 5.41 Å². The molecule has 0 saturated heterocycles. The Bertz CT molecular complexity index is 176. The third-order valence-electron chi connectivity index (χ3n) is 0.709. The van der Waals surface area contributed by atoms with Crippen LogP contribution in [-0.4, -0.2) is 4.98 Å². The smallest absolute Gasteiger partial charge is 0.347 e. The summed E-state index contributed by atoms with van der Waals surface area (Å²) in [5, 5.41) is 6.94. The van der Waals surface area contributed by atoms with Crippen molar-refractivity contribution >= 4 is 0 Å². The number of H-pyrrole nitrogens is 1. The minimum absolute atomic E-state index is 0. The molecule has 0 unspecified atom stereocenters. The van der Waals surface area contributed by atoms with Gasteiger partial charge >= 0.3 is 17.1 Å². The van der Waals surface area contributed by atoms with Gasteiger partial charge in [0, 0.05) is 6.20 Å². The standard InChI is InChI=1S/C5H6N2.Fe/c6-5-3-1-2-4-7-5;/h1-4H,(H2,6,7);/q;+2. The van der Waals surface area contributed by atoms with Gasteiger partial charge in [-0.1, -0.05) is 6.07 Å². The summed E-state index contributed by atoms with van der Waals surface area (Å²) in [6, 6.07) is 5.36. The van der Waals surface area contributed by atoms with Crippen LogP contribution in [0.25, 0.3) is 0 Å². The van der Waals surface area contributed by atoms with E-state index in [0.29, 0.717) is 5.49 Å². The van der Waals surface area contributed by atoms with Crippen molar-refractivity contribution in [3.63, 3.8) is 0 Å². The van der Waals surface area contributed by atoms with Gasteiger partial charge in [0.2, 0.25) is 0 Å². The molecule has 42 valence electrons. The Morgan fingerprint density at radius 2 is 2.12 bits per heavy atom. The molecule has 0 aliphatic rings. The molecule has 1 heterocycles. The van der Waals surface area contributed by atoms with Crippen molar-refractivity contribution in [2.45, 2.75) is 0 Å². The summed E-state index contributed by atoms with van der Waals surface area (Å²) in [5.41, 5.74) is 0.447. The van der Waals surface area contributed by atoms with Crippen LogP contribution in [0.1, 0.15) is 0 Å². The SMILES string of the molecule is N=c1cccc[nH]1.[Fe+2]. The van der Waals surface area contributed by atoms with Crippen molar-refractivity contribution in [3.8, 4) is 0 Å². The Hall–Kier alpha value is -0.531. The summed E-state index contributed by atoms with van der Waals surface area (Å²) < 4.78 is 0. The van der Waals surface area contributed by atoms with Gasteiger partial charge in [0.25, 0.3) is 0 Å². The van der Waals surface area contributed by atoms with Gasteiger partial charge in [0.05, 0.1) is 0 Å². The molecule has 8 heavy (non-hydrogen) atoms. The third-order valence-corrected chi connectivity index (χ3v) is 0.709. The quantitative estimate of drug-likeness (QED) is 0.505. The van der Waals surface area contributed by atoms with Crippen LogP contribution in [0.5, 0.6) is 0 Å². The Morgan fingerprint density at radius 3 is 2.38 bits per heavy atom. The van der Waals surface area contributed by atoms with Crippen LogP contribution in [0.2, 0.25) is 0 Å². The number of hydrogen-bond acceptors (Lipinski definition) is 1. The maximum atomic E-state index is 6.94. The van der Waals surface area contributed by atoms with Crippen molar-refractivity contribution in [2.24, 2.45) is 0 Å². The van der Waals surface area contributed by atoms with Crippen LogP contribution in [0.3, 0.4) is 0 Å². The average molecular weight is 150 g/mol. The minimum Gasteiger partial charge on any atom is -0.347 e. The third kappa shape index (κ3) is 1.96. The molecule has 3 heteroatoms. The molecule has 0 bridgehead atoms. The molecule has 0 aliphatic carbocycles. The van der Waals surface area contributed by atoms with Gasteiger partial charge in [-0.15, -0.1) is 0 Å². The predicted molar refractivity (Wildman–Crippen MR) is 26.6 cm³/mol. The van der Waals surface area contributed by atoms with Crippen LogP contribution in [0.15, 0.2) is 24.4 Å². The molecular weight excluding hydrogens is 144 g/mol. The zero-order chi connectivity index (χ0) is 5.11. The number of aromatic amines is 1. The summed E-state index contributed by atoms with van der Waals surface area (Å²) in [6.07, 6.45) is 1.72. The molecule has 0 saturated carbocycles. The molecule has 1 aromatic heterocycles. The summed E-state index contributed by atoms with van der Waals surface area (Å²) in [7, 11) is 0. The second-order valence-corrected chi connectivity index (χ2v) is 1.28. The van der Waals surface area contributed by atoms with Crippen LogP contribution in [0.4, 0.5) is 0 Å². The number of pyridine rings is 1. The van der Waals surface area contributed by atoms with E-state index >= 15 is 0 Å². The number of rotatable bonds is 0. The van der Waals surface area contributed by atoms with E-state index < -0.39 is 0 Å². The molecule has 0 atom stereocenters.